The molecule has 1 aromatic rings. The monoisotopic (exact) mass is 273 g/mol. The average Bonchev–Trinajstić information content (AvgIpc) is 3.10. The molecule has 2 N–H and O–H groups in total. The number of hydrogen-bond donors (Lipinski definition) is 2. The zero-order chi connectivity index (χ0) is 13.9. The summed E-state index contributed by atoms with van der Waals surface area (Å²) < 4.78 is 0. The molecule has 2 heterocycles. The maximum absolute atomic E-state index is 12.4. The van der Waals surface area contributed by atoms with E-state index in [1.165, 1.54) is 12.8 Å². The van der Waals surface area contributed by atoms with Crippen molar-refractivity contribution in [1.29, 1.82) is 0 Å². The number of benzene rings is 1. The minimum Gasteiger partial charge on any atom is -0.370 e. The minimum atomic E-state index is -0.0540. The number of carbonyl (C=O) groups is 1. The van der Waals surface area contributed by atoms with Crippen molar-refractivity contribution in [3.05, 3.63) is 24.3 Å². The summed E-state index contributed by atoms with van der Waals surface area (Å²) >= 11 is 0. The lowest BCUT2D eigenvalue weighted by molar-refractivity contribution is -0.118. The van der Waals surface area contributed by atoms with Crippen molar-refractivity contribution in [3.63, 3.8) is 0 Å². The number of hydrogen-bond acceptors (Lipinski definition) is 3. The number of amides is 1. The van der Waals surface area contributed by atoms with E-state index in [0.29, 0.717) is 5.92 Å². The van der Waals surface area contributed by atoms with E-state index in [9.17, 15) is 4.79 Å². The molecule has 4 heteroatoms. The Bertz CT molecular complexity index is 482. The van der Waals surface area contributed by atoms with Crippen LogP contribution in [0.4, 0.5) is 11.4 Å². The highest BCUT2D eigenvalue weighted by atomic mass is 16.2. The van der Waals surface area contributed by atoms with Crippen LogP contribution in [0.5, 0.6) is 0 Å². The largest absolute Gasteiger partial charge is 0.370 e. The number of carbonyl (C=O) groups excluding carboxylic acids is 1. The van der Waals surface area contributed by atoms with Crippen molar-refractivity contribution in [2.24, 2.45) is 5.92 Å². The van der Waals surface area contributed by atoms with Gasteiger partial charge in [0.15, 0.2) is 0 Å². The molecular weight excluding hydrogens is 250 g/mol. The van der Waals surface area contributed by atoms with Gasteiger partial charge in [0.1, 0.15) is 0 Å². The highest BCUT2D eigenvalue weighted by molar-refractivity contribution is 5.98. The van der Waals surface area contributed by atoms with Crippen LogP contribution in [0.15, 0.2) is 24.3 Å². The molecule has 1 amide bonds. The lowest BCUT2D eigenvalue weighted by atomic mass is 10.0. The molecule has 0 aliphatic carbocycles. The average molecular weight is 273 g/mol. The van der Waals surface area contributed by atoms with E-state index in [0.717, 1.165) is 37.4 Å². The predicted octanol–water partition coefficient (Wildman–Crippen LogP) is 2.22. The third-order valence-electron chi connectivity index (χ3n) is 4.42. The van der Waals surface area contributed by atoms with Crippen LogP contribution in [0.25, 0.3) is 0 Å². The molecule has 3 rings (SSSR count). The topological polar surface area (TPSA) is 44.4 Å². The molecule has 2 saturated heterocycles. The van der Waals surface area contributed by atoms with Crippen LogP contribution in [0.3, 0.4) is 0 Å². The van der Waals surface area contributed by atoms with Crippen molar-refractivity contribution in [2.45, 2.75) is 32.2 Å². The molecule has 108 valence electrons. The van der Waals surface area contributed by atoms with Crippen molar-refractivity contribution < 1.29 is 4.79 Å². The second-order valence-corrected chi connectivity index (χ2v) is 5.90. The van der Waals surface area contributed by atoms with Gasteiger partial charge in [-0.05, 0) is 43.9 Å². The number of anilines is 2. The summed E-state index contributed by atoms with van der Waals surface area (Å²) in [5, 5.41) is 6.41. The van der Waals surface area contributed by atoms with E-state index in [4.69, 9.17) is 0 Å². The van der Waals surface area contributed by atoms with Gasteiger partial charge in [-0.3, -0.25) is 4.79 Å². The Morgan fingerprint density at radius 3 is 2.75 bits per heavy atom. The summed E-state index contributed by atoms with van der Waals surface area (Å²) in [6, 6.07) is 8.08. The molecule has 0 bridgehead atoms. The lowest BCUT2D eigenvalue weighted by Crippen LogP contribution is -2.39. The van der Waals surface area contributed by atoms with Gasteiger partial charge in [-0.25, -0.2) is 0 Å². The van der Waals surface area contributed by atoms with E-state index < -0.39 is 0 Å². The molecule has 4 nitrogen and oxygen atoms in total. The summed E-state index contributed by atoms with van der Waals surface area (Å²) in [4.78, 5) is 14.8. The van der Waals surface area contributed by atoms with Crippen LogP contribution in [-0.4, -0.2) is 31.6 Å². The van der Waals surface area contributed by atoms with Crippen molar-refractivity contribution >= 4 is 17.3 Å². The zero-order valence-electron chi connectivity index (χ0n) is 12.1. The maximum Gasteiger partial charge on any atom is 0.241 e. The summed E-state index contributed by atoms with van der Waals surface area (Å²) in [6.45, 7) is 5.25. The first-order valence-corrected chi connectivity index (χ1v) is 7.64. The highest BCUT2D eigenvalue weighted by Crippen LogP contribution is 2.29. The predicted molar refractivity (Wildman–Crippen MR) is 82.1 cm³/mol. The Balaban J connectivity index is 1.75. The molecule has 2 aliphatic rings. The fourth-order valence-electron chi connectivity index (χ4n) is 3.21. The lowest BCUT2D eigenvalue weighted by Gasteiger charge is -2.23. The molecule has 20 heavy (non-hydrogen) atoms. The molecule has 2 fully saturated rings. The summed E-state index contributed by atoms with van der Waals surface area (Å²) in [6.07, 6.45) is 3.55. The standard InChI is InChI=1S/C16H23N3O/c1-12-8-9-17-15(12)16(20)18-13-6-2-3-7-14(13)19-10-4-5-11-19/h2-3,6-7,12,15,17H,4-5,8-11H2,1H3,(H,18,20). The van der Waals surface area contributed by atoms with Gasteiger partial charge in [0.2, 0.25) is 5.91 Å². The number of para-hydroxylation sites is 2. The van der Waals surface area contributed by atoms with Gasteiger partial charge >= 0.3 is 0 Å². The van der Waals surface area contributed by atoms with Crippen molar-refractivity contribution in [1.82, 2.24) is 5.32 Å². The van der Waals surface area contributed by atoms with Gasteiger partial charge in [-0.15, -0.1) is 0 Å². The molecule has 0 aromatic heterocycles. The third kappa shape index (κ3) is 2.66. The molecule has 0 spiro atoms. The fraction of sp³-hybridized carbons (Fsp3) is 0.562. The number of rotatable bonds is 3. The zero-order valence-corrected chi connectivity index (χ0v) is 12.1. The van der Waals surface area contributed by atoms with Crippen molar-refractivity contribution in [2.75, 3.05) is 29.9 Å². The van der Waals surface area contributed by atoms with Crippen LogP contribution in [0.1, 0.15) is 26.2 Å². The van der Waals surface area contributed by atoms with E-state index >= 15 is 0 Å². The molecule has 2 aliphatic heterocycles. The van der Waals surface area contributed by atoms with Crippen LogP contribution in [0.2, 0.25) is 0 Å². The Kier molecular flexibility index (Phi) is 3.92. The molecule has 2 unspecified atom stereocenters. The summed E-state index contributed by atoms with van der Waals surface area (Å²) in [7, 11) is 0. The first kappa shape index (κ1) is 13.4. The first-order chi connectivity index (χ1) is 9.75. The minimum absolute atomic E-state index is 0.0540. The molecular formula is C16H23N3O. The van der Waals surface area contributed by atoms with E-state index in [1.807, 2.05) is 18.2 Å². The second kappa shape index (κ2) is 5.83. The van der Waals surface area contributed by atoms with Gasteiger partial charge in [-0.2, -0.15) is 0 Å². The van der Waals surface area contributed by atoms with Gasteiger partial charge in [0, 0.05) is 13.1 Å². The van der Waals surface area contributed by atoms with Gasteiger partial charge in [0.05, 0.1) is 17.4 Å². The van der Waals surface area contributed by atoms with Gasteiger partial charge < -0.3 is 15.5 Å². The van der Waals surface area contributed by atoms with E-state index in [2.05, 4.69) is 28.5 Å². The van der Waals surface area contributed by atoms with Gasteiger partial charge in [0.25, 0.3) is 0 Å². The van der Waals surface area contributed by atoms with Gasteiger partial charge in [-0.1, -0.05) is 19.1 Å². The van der Waals surface area contributed by atoms with E-state index in [1.54, 1.807) is 0 Å². The Morgan fingerprint density at radius 1 is 1.30 bits per heavy atom. The smallest absolute Gasteiger partial charge is 0.241 e. The fourth-order valence-corrected chi connectivity index (χ4v) is 3.21. The molecule has 2 atom stereocenters. The summed E-state index contributed by atoms with van der Waals surface area (Å²) in [5.74, 6) is 0.510. The number of nitrogens with one attached hydrogen (secondary N) is 2. The quantitative estimate of drug-likeness (QED) is 0.887. The molecule has 1 aromatic carbocycles. The first-order valence-electron chi connectivity index (χ1n) is 7.64. The third-order valence-corrected chi connectivity index (χ3v) is 4.42. The maximum atomic E-state index is 12.4. The Labute approximate surface area is 120 Å². The molecule has 0 radical (unpaired) electrons. The van der Waals surface area contributed by atoms with Crippen LogP contribution >= 0.6 is 0 Å². The SMILES string of the molecule is CC1CCNC1C(=O)Nc1ccccc1N1CCCC1. The Hall–Kier alpha value is -1.55. The van der Waals surface area contributed by atoms with Crippen LogP contribution in [-0.2, 0) is 4.79 Å². The van der Waals surface area contributed by atoms with Crippen LogP contribution < -0.4 is 15.5 Å². The van der Waals surface area contributed by atoms with Crippen LogP contribution in [0, 0.1) is 5.92 Å². The normalized spacial score (nSPS) is 25.9. The number of nitrogens with zero attached hydrogens (tertiary/aromatic N) is 1. The summed E-state index contributed by atoms with van der Waals surface area (Å²) in [5.41, 5.74) is 2.10. The van der Waals surface area contributed by atoms with Crippen molar-refractivity contribution in [3.8, 4) is 0 Å². The molecule has 0 saturated carbocycles. The van der Waals surface area contributed by atoms with E-state index in [-0.39, 0.29) is 11.9 Å². The Morgan fingerprint density at radius 2 is 2.05 bits per heavy atom. The highest BCUT2D eigenvalue weighted by Gasteiger charge is 2.29. The second-order valence-electron chi connectivity index (χ2n) is 5.90.